The van der Waals surface area contributed by atoms with E-state index in [0.29, 0.717) is 16.8 Å². The first-order chi connectivity index (χ1) is 13.8. The minimum absolute atomic E-state index is 0.00266. The van der Waals surface area contributed by atoms with E-state index >= 15 is 0 Å². The summed E-state index contributed by atoms with van der Waals surface area (Å²) in [5, 5.41) is 3.16. The van der Waals surface area contributed by atoms with Crippen molar-refractivity contribution in [1.29, 1.82) is 0 Å². The van der Waals surface area contributed by atoms with Gasteiger partial charge in [-0.15, -0.1) is 13.2 Å². The molecule has 1 saturated carbocycles. The quantitative estimate of drug-likeness (QED) is 0.697. The van der Waals surface area contributed by atoms with E-state index in [1.54, 1.807) is 31.5 Å². The van der Waals surface area contributed by atoms with Crippen molar-refractivity contribution >= 4 is 16.8 Å². The number of rotatable bonds is 5. The number of aromatic nitrogens is 3. The lowest BCUT2D eigenvalue weighted by Gasteiger charge is -2.15. The van der Waals surface area contributed by atoms with Crippen molar-refractivity contribution in [2.75, 3.05) is 0 Å². The molecule has 0 spiro atoms. The molecule has 0 radical (unpaired) electrons. The van der Waals surface area contributed by atoms with E-state index < -0.39 is 12.3 Å². The summed E-state index contributed by atoms with van der Waals surface area (Å²) in [7, 11) is 0. The predicted molar refractivity (Wildman–Crippen MR) is 98.3 cm³/mol. The first kappa shape index (κ1) is 19.1. The van der Waals surface area contributed by atoms with Gasteiger partial charge in [0.15, 0.2) is 5.75 Å². The van der Waals surface area contributed by atoms with Crippen LogP contribution < -0.4 is 10.1 Å². The van der Waals surface area contributed by atoms with Crippen LogP contribution in [0.25, 0.3) is 10.9 Å². The van der Waals surface area contributed by atoms with Gasteiger partial charge in [-0.05, 0) is 61.1 Å². The Balaban J connectivity index is 1.69. The third kappa shape index (κ3) is 4.44. The largest absolute Gasteiger partial charge is 0.573 e. The fraction of sp³-hybridized carbons (Fsp3) is 0.300. The van der Waals surface area contributed by atoms with E-state index in [-0.39, 0.29) is 29.4 Å². The van der Waals surface area contributed by atoms with Gasteiger partial charge in [0.2, 0.25) is 0 Å². The van der Waals surface area contributed by atoms with Gasteiger partial charge in [0, 0.05) is 17.8 Å². The van der Waals surface area contributed by atoms with Crippen molar-refractivity contribution in [2.24, 2.45) is 0 Å². The average Bonchev–Trinajstić information content (AvgIpc) is 3.51. The Morgan fingerprint density at radius 2 is 1.93 bits per heavy atom. The van der Waals surface area contributed by atoms with Crippen LogP contribution in [0.3, 0.4) is 0 Å². The maximum Gasteiger partial charge on any atom is 0.573 e. The molecule has 2 heterocycles. The molecule has 0 saturated heterocycles. The molecule has 0 atom stereocenters. The van der Waals surface area contributed by atoms with Crippen molar-refractivity contribution in [3.05, 3.63) is 59.3 Å². The van der Waals surface area contributed by atoms with Crippen molar-refractivity contribution < 1.29 is 22.7 Å². The van der Waals surface area contributed by atoms with E-state index in [2.05, 4.69) is 25.0 Å². The summed E-state index contributed by atoms with van der Waals surface area (Å²) < 4.78 is 43.1. The number of hydrogen-bond donors (Lipinski definition) is 1. The summed E-state index contributed by atoms with van der Waals surface area (Å²) in [5.74, 6) is -0.274. The molecular formula is C20H17F3N4O2. The zero-order chi connectivity index (χ0) is 20.6. The Labute approximate surface area is 164 Å². The minimum atomic E-state index is -4.85. The Bertz CT molecular complexity index is 1070. The van der Waals surface area contributed by atoms with Crippen LogP contribution in [0, 0.1) is 6.92 Å². The van der Waals surface area contributed by atoms with Gasteiger partial charge >= 0.3 is 6.36 Å². The molecule has 6 nitrogen and oxygen atoms in total. The van der Waals surface area contributed by atoms with Gasteiger partial charge in [0.1, 0.15) is 17.0 Å². The smallest absolute Gasteiger partial charge is 0.403 e. The molecule has 150 valence electrons. The standard InChI is InChI=1S/C20H17F3N4O2/c1-11-7-15(19(28)26-10-17-24-5-2-6-25-17)27-18-14(11)8-13(12-3-4-12)9-16(18)29-20(21,22)23/h2,5-9,12H,3-4,10H2,1H3,(H,26,28). The number of hydrogen-bond acceptors (Lipinski definition) is 5. The molecular weight excluding hydrogens is 385 g/mol. The van der Waals surface area contributed by atoms with Crippen LogP contribution in [0.4, 0.5) is 13.2 Å². The number of pyridine rings is 1. The van der Waals surface area contributed by atoms with Gasteiger partial charge in [-0.1, -0.05) is 0 Å². The maximum atomic E-state index is 12.9. The third-order valence-electron chi connectivity index (χ3n) is 4.64. The molecule has 1 aliphatic carbocycles. The third-order valence-corrected chi connectivity index (χ3v) is 4.64. The summed E-state index contributed by atoms with van der Waals surface area (Å²) in [5.41, 5.74) is 1.44. The van der Waals surface area contributed by atoms with Crippen molar-refractivity contribution in [1.82, 2.24) is 20.3 Å². The lowest BCUT2D eigenvalue weighted by atomic mass is 10.0. The molecule has 1 amide bonds. The van der Waals surface area contributed by atoms with Crippen LogP contribution in [-0.2, 0) is 6.54 Å². The van der Waals surface area contributed by atoms with Crippen LogP contribution in [0.15, 0.2) is 36.7 Å². The summed E-state index contributed by atoms with van der Waals surface area (Å²) in [6.07, 6.45) is 0.112. The van der Waals surface area contributed by atoms with Crippen molar-refractivity contribution in [3.8, 4) is 5.75 Å². The Morgan fingerprint density at radius 3 is 2.59 bits per heavy atom. The highest BCUT2D eigenvalue weighted by Crippen LogP contribution is 2.44. The van der Waals surface area contributed by atoms with E-state index in [1.807, 2.05) is 6.07 Å². The Kier molecular flexibility index (Phi) is 4.81. The number of nitrogens with zero attached hydrogens (tertiary/aromatic N) is 3. The number of ether oxygens (including phenoxy) is 1. The highest BCUT2D eigenvalue weighted by molar-refractivity contribution is 5.97. The van der Waals surface area contributed by atoms with Crippen LogP contribution in [0.2, 0.25) is 0 Å². The van der Waals surface area contributed by atoms with Gasteiger partial charge < -0.3 is 10.1 Å². The van der Waals surface area contributed by atoms with E-state index in [0.717, 1.165) is 18.4 Å². The lowest BCUT2D eigenvalue weighted by Crippen LogP contribution is -2.25. The van der Waals surface area contributed by atoms with Gasteiger partial charge in [-0.3, -0.25) is 4.79 Å². The fourth-order valence-electron chi connectivity index (χ4n) is 3.12. The first-order valence-corrected chi connectivity index (χ1v) is 9.05. The first-order valence-electron chi connectivity index (χ1n) is 9.05. The molecule has 0 bridgehead atoms. The monoisotopic (exact) mass is 402 g/mol. The number of alkyl halides is 3. The highest BCUT2D eigenvalue weighted by Gasteiger charge is 2.34. The van der Waals surface area contributed by atoms with Crippen LogP contribution in [-0.4, -0.2) is 27.2 Å². The normalized spacial score (nSPS) is 14.1. The van der Waals surface area contributed by atoms with Crippen LogP contribution >= 0.6 is 0 Å². The summed E-state index contributed by atoms with van der Waals surface area (Å²) in [4.78, 5) is 24.7. The van der Waals surface area contributed by atoms with E-state index in [4.69, 9.17) is 0 Å². The number of halogens is 3. The summed E-state index contributed by atoms with van der Waals surface area (Å²) in [6.45, 7) is 1.81. The molecule has 4 rings (SSSR count). The lowest BCUT2D eigenvalue weighted by molar-refractivity contribution is -0.274. The number of fused-ring (bicyclic) bond motifs is 1. The molecule has 1 aliphatic rings. The molecule has 3 aromatic rings. The molecule has 29 heavy (non-hydrogen) atoms. The second-order valence-electron chi connectivity index (χ2n) is 6.91. The molecule has 2 aromatic heterocycles. The van der Waals surface area contributed by atoms with Crippen LogP contribution in [0.1, 0.15) is 46.2 Å². The second-order valence-corrected chi connectivity index (χ2v) is 6.91. The summed E-state index contributed by atoms with van der Waals surface area (Å²) >= 11 is 0. The Hall–Kier alpha value is -3.23. The fourth-order valence-corrected chi connectivity index (χ4v) is 3.12. The van der Waals surface area contributed by atoms with Crippen LogP contribution in [0.5, 0.6) is 5.75 Å². The second kappa shape index (κ2) is 7.31. The number of aryl methyl sites for hydroxylation is 1. The predicted octanol–water partition coefficient (Wildman–Crippen LogP) is 4.04. The molecule has 0 unspecified atom stereocenters. The zero-order valence-electron chi connectivity index (χ0n) is 15.5. The van der Waals surface area contributed by atoms with Gasteiger partial charge in [-0.25, -0.2) is 15.0 Å². The topological polar surface area (TPSA) is 77.0 Å². The van der Waals surface area contributed by atoms with Gasteiger partial charge in [-0.2, -0.15) is 0 Å². The molecule has 1 fully saturated rings. The Morgan fingerprint density at radius 1 is 1.21 bits per heavy atom. The highest BCUT2D eigenvalue weighted by atomic mass is 19.4. The molecule has 9 heteroatoms. The number of nitrogens with one attached hydrogen (secondary N) is 1. The number of benzene rings is 1. The summed E-state index contributed by atoms with van der Waals surface area (Å²) in [6, 6.07) is 6.41. The molecule has 1 N–H and O–H groups in total. The number of carbonyl (C=O) groups excluding carboxylic acids is 1. The SMILES string of the molecule is Cc1cc(C(=O)NCc2ncccn2)nc2c(OC(F)(F)F)cc(C3CC3)cc12. The van der Waals surface area contributed by atoms with Gasteiger partial charge in [0.25, 0.3) is 5.91 Å². The van der Waals surface area contributed by atoms with Crippen molar-refractivity contribution in [2.45, 2.75) is 38.6 Å². The molecule has 0 aliphatic heterocycles. The van der Waals surface area contributed by atoms with E-state index in [9.17, 15) is 18.0 Å². The molecule has 1 aromatic carbocycles. The minimum Gasteiger partial charge on any atom is -0.403 e. The zero-order valence-corrected chi connectivity index (χ0v) is 15.5. The number of amides is 1. The number of carbonyl (C=O) groups is 1. The van der Waals surface area contributed by atoms with E-state index in [1.165, 1.54) is 6.07 Å². The average molecular weight is 402 g/mol. The van der Waals surface area contributed by atoms with Gasteiger partial charge in [0.05, 0.1) is 6.54 Å². The maximum absolute atomic E-state index is 12.9. The van der Waals surface area contributed by atoms with Crippen molar-refractivity contribution in [3.63, 3.8) is 0 Å².